The molecule has 5 rings (SSSR count). The van der Waals surface area contributed by atoms with Gasteiger partial charge in [-0.1, -0.05) is 0 Å². The highest BCUT2D eigenvalue weighted by atomic mass is 16.5. The largest absolute Gasteiger partial charge is 0.496 e. The topological polar surface area (TPSA) is 130 Å². The van der Waals surface area contributed by atoms with Crippen LogP contribution in [0.5, 0.6) is 5.75 Å². The Morgan fingerprint density at radius 2 is 2.00 bits per heavy atom. The molecule has 1 aliphatic rings. The SMILES string of the molecule is CCN(c1c(C)c(C(=O)NCc2c(OC)cc(C)[nH]c2=O)nc2c(-c3ccnc(N(C)C)c3)cnn12)C1CCOCC1. The van der Waals surface area contributed by atoms with Crippen LogP contribution in [0.15, 0.2) is 35.4 Å². The summed E-state index contributed by atoms with van der Waals surface area (Å²) < 4.78 is 12.9. The van der Waals surface area contributed by atoms with Crippen molar-refractivity contribution in [3.8, 4) is 16.9 Å². The minimum atomic E-state index is -0.392. The Kier molecular flexibility index (Phi) is 8.44. The van der Waals surface area contributed by atoms with Gasteiger partial charge in [0.25, 0.3) is 11.5 Å². The summed E-state index contributed by atoms with van der Waals surface area (Å²) in [5, 5.41) is 7.69. The number of aromatic amines is 1. The van der Waals surface area contributed by atoms with Gasteiger partial charge in [0.05, 0.1) is 25.4 Å². The van der Waals surface area contributed by atoms with Crippen molar-refractivity contribution >= 4 is 23.2 Å². The molecule has 4 aromatic heterocycles. The zero-order valence-electron chi connectivity index (χ0n) is 25.0. The van der Waals surface area contributed by atoms with Gasteiger partial charge in [-0.05, 0) is 57.4 Å². The van der Waals surface area contributed by atoms with E-state index in [2.05, 4.69) is 27.1 Å². The van der Waals surface area contributed by atoms with Crippen molar-refractivity contribution in [3.63, 3.8) is 0 Å². The van der Waals surface area contributed by atoms with Crippen molar-refractivity contribution in [2.75, 3.05) is 50.8 Å². The van der Waals surface area contributed by atoms with E-state index in [0.29, 0.717) is 41.4 Å². The van der Waals surface area contributed by atoms with Crippen molar-refractivity contribution in [3.05, 3.63) is 63.5 Å². The van der Waals surface area contributed by atoms with Crippen LogP contribution in [0.4, 0.5) is 11.6 Å². The highest BCUT2D eigenvalue weighted by molar-refractivity contribution is 5.96. The third kappa shape index (κ3) is 5.54. The van der Waals surface area contributed by atoms with Crippen molar-refractivity contribution < 1.29 is 14.3 Å². The van der Waals surface area contributed by atoms with Gasteiger partial charge in [0.2, 0.25) is 0 Å². The number of carbonyl (C=O) groups excluding carboxylic acids is 1. The van der Waals surface area contributed by atoms with Crippen molar-refractivity contribution in [1.29, 1.82) is 0 Å². The summed E-state index contributed by atoms with van der Waals surface area (Å²) in [5.74, 6) is 1.64. The minimum absolute atomic E-state index is 0.0145. The van der Waals surface area contributed by atoms with E-state index >= 15 is 0 Å². The monoisotopic (exact) mass is 574 g/mol. The molecule has 1 aliphatic heterocycles. The van der Waals surface area contributed by atoms with E-state index in [9.17, 15) is 9.59 Å². The van der Waals surface area contributed by atoms with E-state index in [1.807, 2.05) is 42.6 Å². The summed E-state index contributed by atoms with van der Waals surface area (Å²) in [7, 11) is 5.38. The summed E-state index contributed by atoms with van der Waals surface area (Å²) >= 11 is 0. The second kappa shape index (κ2) is 12.2. The lowest BCUT2D eigenvalue weighted by Gasteiger charge is -2.36. The lowest BCUT2D eigenvalue weighted by molar-refractivity contribution is 0.0843. The fraction of sp³-hybridized carbons (Fsp3) is 0.433. The highest BCUT2D eigenvalue weighted by Crippen LogP contribution is 2.33. The summed E-state index contributed by atoms with van der Waals surface area (Å²) in [4.78, 5) is 42.8. The molecule has 42 heavy (non-hydrogen) atoms. The summed E-state index contributed by atoms with van der Waals surface area (Å²) in [6.07, 6.45) is 5.29. The van der Waals surface area contributed by atoms with Crippen molar-refractivity contribution in [2.24, 2.45) is 0 Å². The van der Waals surface area contributed by atoms with Gasteiger partial charge in [0.15, 0.2) is 5.65 Å². The summed E-state index contributed by atoms with van der Waals surface area (Å²) in [6, 6.07) is 5.85. The second-order valence-corrected chi connectivity index (χ2v) is 10.6. The van der Waals surface area contributed by atoms with E-state index < -0.39 is 5.91 Å². The lowest BCUT2D eigenvalue weighted by atomic mass is 10.1. The Bertz CT molecular complexity index is 1660. The van der Waals surface area contributed by atoms with Gasteiger partial charge in [0, 0.05) is 62.9 Å². The Morgan fingerprint density at radius 3 is 2.69 bits per heavy atom. The smallest absolute Gasteiger partial charge is 0.270 e. The molecular weight excluding hydrogens is 536 g/mol. The number of nitrogens with one attached hydrogen (secondary N) is 2. The summed E-state index contributed by atoms with van der Waals surface area (Å²) in [5.41, 5.74) is 3.92. The molecule has 12 heteroatoms. The fourth-order valence-electron chi connectivity index (χ4n) is 5.52. The van der Waals surface area contributed by atoms with Crippen LogP contribution in [-0.4, -0.2) is 77.5 Å². The van der Waals surface area contributed by atoms with Crippen LogP contribution in [0.3, 0.4) is 0 Å². The van der Waals surface area contributed by atoms with Crippen LogP contribution < -0.4 is 25.4 Å². The molecule has 1 amide bonds. The quantitative estimate of drug-likeness (QED) is 0.310. The van der Waals surface area contributed by atoms with Crippen LogP contribution in [-0.2, 0) is 11.3 Å². The molecule has 0 radical (unpaired) electrons. The van der Waals surface area contributed by atoms with E-state index in [0.717, 1.165) is 42.1 Å². The summed E-state index contributed by atoms with van der Waals surface area (Å²) in [6.45, 7) is 7.86. The first kappa shape index (κ1) is 29.1. The Morgan fingerprint density at radius 1 is 1.24 bits per heavy atom. The average Bonchev–Trinajstić information content (AvgIpc) is 3.41. The van der Waals surface area contributed by atoms with E-state index in [1.54, 1.807) is 25.4 Å². The molecule has 0 saturated carbocycles. The molecule has 5 heterocycles. The normalized spacial score (nSPS) is 13.8. The molecule has 4 aromatic rings. The Labute approximate surface area is 244 Å². The number of methoxy groups -OCH3 is 1. The van der Waals surface area contributed by atoms with Crippen LogP contribution in [0.1, 0.15) is 47.1 Å². The number of rotatable bonds is 9. The van der Waals surface area contributed by atoms with Gasteiger partial charge in [-0.2, -0.15) is 9.61 Å². The van der Waals surface area contributed by atoms with Gasteiger partial charge in [-0.3, -0.25) is 9.59 Å². The zero-order chi connectivity index (χ0) is 30.0. The maximum atomic E-state index is 13.8. The molecule has 2 N–H and O–H groups in total. The molecule has 1 saturated heterocycles. The number of hydrogen-bond acceptors (Lipinski definition) is 9. The highest BCUT2D eigenvalue weighted by Gasteiger charge is 2.29. The lowest BCUT2D eigenvalue weighted by Crippen LogP contribution is -2.41. The van der Waals surface area contributed by atoms with E-state index in [4.69, 9.17) is 19.6 Å². The van der Waals surface area contributed by atoms with E-state index in [-0.39, 0.29) is 23.8 Å². The molecule has 0 aromatic carbocycles. The minimum Gasteiger partial charge on any atom is -0.496 e. The number of anilines is 2. The first-order valence-corrected chi connectivity index (χ1v) is 14.1. The molecule has 1 fully saturated rings. The second-order valence-electron chi connectivity index (χ2n) is 10.6. The third-order valence-corrected chi connectivity index (χ3v) is 7.70. The van der Waals surface area contributed by atoms with Crippen LogP contribution in [0.25, 0.3) is 16.8 Å². The fourth-order valence-corrected chi connectivity index (χ4v) is 5.52. The maximum absolute atomic E-state index is 13.8. The number of H-pyrrole nitrogens is 1. The van der Waals surface area contributed by atoms with Crippen molar-refractivity contribution in [2.45, 2.75) is 46.2 Å². The number of amides is 1. The number of carbonyl (C=O) groups is 1. The molecule has 0 bridgehead atoms. The maximum Gasteiger partial charge on any atom is 0.270 e. The number of aryl methyl sites for hydroxylation is 1. The van der Waals surface area contributed by atoms with Gasteiger partial charge in [-0.15, -0.1) is 0 Å². The third-order valence-electron chi connectivity index (χ3n) is 7.70. The predicted octanol–water partition coefficient (Wildman–Crippen LogP) is 3.11. The first-order valence-electron chi connectivity index (χ1n) is 14.1. The van der Waals surface area contributed by atoms with Crippen molar-refractivity contribution in [1.82, 2.24) is 29.9 Å². The van der Waals surface area contributed by atoms with E-state index in [1.165, 1.54) is 7.11 Å². The van der Waals surface area contributed by atoms with Gasteiger partial charge in [-0.25, -0.2) is 9.97 Å². The van der Waals surface area contributed by atoms with Crippen LogP contribution >= 0.6 is 0 Å². The number of ether oxygens (including phenoxy) is 2. The number of pyridine rings is 2. The Hall–Kier alpha value is -4.45. The molecule has 0 atom stereocenters. The number of hydrogen-bond donors (Lipinski definition) is 2. The van der Waals surface area contributed by atoms with Gasteiger partial charge < -0.3 is 29.6 Å². The van der Waals surface area contributed by atoms with Gasteiger partial charge in [0.1, 0.15) is 23.1 Å². The molecule has 0 unspecified atom stereocenters. The molecule has 12 nitrogen and oxygen atoms in total. The number of fused-ring (bicyclic) bond motifs is 1. The molecular formula is C30H38N8O4. The standard InChI is InChI=1S/C30H38N8O4/c1-7-37(21-9-12-42-13-10-21)30-19(3)26(29(40)32-16-23-24(41-6)14-18(2)34-28(23)39)35-27-22(17-33-38(27)30)20-8-11-31-25(15-20)36(4)5/h8,11,14-15,17,21H,7,9-10,12-13,16H2,1-6H3,(H,32,40)(H,34,39). The van der Waals surface area contributed by atoms with Crippen LogP contribution in [0, 0.1) is 13.8 Å². The number of aromatic nitrogens is 5. The van der Waals surface area contributed by atoms with Crippen LogP contribution in [0.2, 0.25) is 0 Å². The molecule has 0 spiro atoms. The van der Waals surface area contributed by atoms with Gasteiger partial charge >= 0.3 is 0 Å². The zero-order valence-corrected chi connectivity index (χ0v) is 25.0. The predicted molar refractivity (Wildman–Crippen MR) is 162 cm³/mol. The molecule has 222 valence electrons. The Balaban J connectivity index is 1.63. The number of nitrogens with zero attached hydrogens (tertiary/aromatic N) is 6. The first-order chi connectivity index (χ1) is 20.2. The average molecular weight is 575 g/mol. The molecule has 0 aliphatic carbocycles.